The predicted octanol–water partition coefficient (Wildman–Crippen LogP) is 1.00. The van der Waals surface area contributed by atoms with Crippen molar-refractivity contribution in [2.24, 2.45) is 0 Å². The molecule has 18 heavy (non-hydrogen) atoms. The average Bonchev–Trinajstić information content (AvgIpc) is 2.38. The smallest absolute Gasteiger partial charge is 0.224 e. The first-order valence-corrected chi connectivity index (χ1v) is 6.74. The van der Waals surface area contributed by atoms with Gasteiger partial charge in [-0.25, -0.2) is 9.97 Å². The van der Waals surface area contributed by atoms with Gasteiger partial charge in [0.25, 0.3) is 0 Å². The third-order valence-corrected chi connectivity index (χ3v) is 3.70. The van der Waals surface area contributed by atoms with Crippen LogP contribution in [-0.2, 0) is 17.7 Å². The highest BCUT2D eigenvalue weighted by Crippen LogP contribution is 2.27. The van der Waals surface area contributed by atoms with E-state index in [1.54, 1.807) is 0 Å². The highest BCUT2D eigenvalue weighted by molar-refractivity contribution is 6.28. The molecule has 6 heteroatoms. The summed E-state index contributed by atoms with van der Waals surface area (Å²) in [5, 5.41) is 3.66. The first kappa shape index (κ1) is 12.1. The number of nitrogens with one attached hydrogen (secondary N) is 1. The summed E-state index contributed by atoms with van der Waals surface area (Å²) < 4.78 is 5.48. The maximum atomic E-state index is 6.04. The lowest BCUT2D eigenvalue weighted by Crippen LogP contribution is -2.45. The van der Waals surface area contributed by atoms with Gasteiger partial charge in [-0.05, 0) is 31.5 Å². The van der Waals surface area contributed by atoms with E-state index < -0.39 is 0 Å². The topological polar surface area (TPSA) is 50.3 Å². The fourth-order valence-corrected chi connectivity index (χ4v) is 2.77. The molecule has 1 N–H and O–H groups in total. The summed E-state index contributed by atoms with van der Waals surface area (Å²) in [6, 6.07) is 0.337. The zero-order valence-electron chi connectivity index (χ0n) is 10.4. The molecule has 1 aromatic heterocycles. The Morgan fingerprint density at radius 3 is 3.17 bits per heavy atom. The zero-order valence-corrected chi connectivity index (χ0v) is 11.2. The molecule has 0 aromatic carbocycles. The molecule has 1 fully saturated rings. The normalized spacial score (nSPS) is 23.9. The van der Waals surface area contributed by atoms with Crippen molar-refractivity contribution < 1.29 is 4.74 Å². The summed E-state index contributed by atoms with van der Waals surface area (Å²) in [6.07, 6.45) is 0.964. The molecular weight excluding hydrogens is 252 g/mol. The van der Waals surface area contributed by atoms with Crippen molar-refractivity contribution in [1.29, 1.82) is 0 Å². The minimum absolute atomic E-state index is 0.337. The molecular formula is C12H17ClN4O. The Hall–Kier alpha value is -0.910. The van der Waals surface area contributed by atoms with Crippen molar-refractivity contribution in [3.05, 3.63) is 16.5 Å². The number of ether oxygens (including phenoxy) is 1. The monoisotopic (exact) mass is 268 g/mol. The Morgan fingerprint density at radius 2 is 2.33 bits per heavy atom. The number of morpholine rings is 1. The molecule has 2 aliphatic heterocycles. The second kappa shape index (κ2) is 4.99. The minimum Gasteiger partial charge on any atom is -0.377 e. The van der Waals surface area contributed by atoms with E-state index in [4.69, 9.17) is 16.3 Å². The summed E-state index contributed by atoms with van der Waals surface area (Å²) in [5.74, 6) is 1.00. The quantitative estimate of drug-likeness (QED) is 0.770. The first-order chi connectivity index (χ1) is 8.75. The van der Waals surface area contributed by atoms with Crippen LogP contribution in [0.1, 0.15) is 18.2 Å². The lowest BCUT2D eigenvalue weighted by Gasteiger charge is -2.36. The third kappa shape index (κ3) is 2.18. The Bertz CT molecular complexity index is 454. The average molecular weight is 269 g/mol. The van der Waals surface area contributed by atoms with Crippen LogP contribution < -0.4 is 10.2 Å². The number of anilines is 1. The second-order valence-corrected chi connectivity index (χ2v) is 5.12. The van der Waals surface area contributed by atoms with Gasteiger partial charge >= 0.3 is 0 Å². The van der Waals surface area contributed by atoms with Crippen LogP contribution in [-0.4, -0.2) is 42.3 Å². The molecule has 2 aliphatic rings. The van der Waals surface area contributed by atoms with E-state index in [1.807, 2.05) is 0 Å². The highest BCUT2D eigenvalue weighted by atomic mass is 35.5. The molecule has 3 heterocycles. The Kier molecular flexibility index (Phi) is 3.37. The number of nitrogens with zero attached hydrogens (tertiary/aromatic N) is 3. The molecule has 0 aliphatic carbocycles. The molecule has 5 nitrogen and oxygen atoms in total. The summed E-state index contributed by atoms with van der Waals surface area (Å²) in [7, 11) is 0. The van der Waals surface area contributed by atoms with Gasteiger partial charge in [0.05, 0.1) is 24.9 Å². The lowest BCUT2D eigenvalue weighted by molar-refractivity contribution is 0.0984. The van der Waals surface area contributed by atoms with Gasteiger partial charge in [0.2, 0.25) is 5.28 Å². The van der Waals surface area contributed by atoms with Crippen LogP contribution >= 0.6 is 11.6 Å². The van der Waals surface area contributed by atoms with E-state index in [-0.39, 0.29) is 0 Å². The van der Waals surface area contributed by atoms with Crippen LogP contribution in [0.5, 0.6) is 0 Å². The molecule has 0 amide bonds. The van der Waals surface area contributed by atoms with Crippen molar-refractivity contribution in [3.8, 4) is 0 Å². The van der Waals surface area contributed by atoms with Crippen LogP contribution in [0.15, 0.2) is 0 Å². The number of halogens is 1. The summed E-state index contributed by atoms with van der Waals surface area (Å²) >= 11 is 6.04. The van der Waals surface area contributed by atoms with Crippen LogP contribution in [0.4, 0.5) is 5.82 Å². The van der Waals surface area contributed by atoms with Crippen LogP contribution in [0.3, 0.4) is 0 Å². The van der Waals surface area contributed by atoms with Gasteiger partial charge < -0.3 is 15.0 Å². The van der Waals surface area contributed by atoms with Gasteiger partial charge in [0, 0.05) is 18.7 Å². The number of fused-ring (bicyclic) bond motifs is 1. The van der Waals surface area contributed by atoms with Gasteiger partial charge in [0.15, 0.2) is 0 Å². The summed E-state index contributed by atoms with van der Waals surface area (Å²) in [5.41, 5.74) is 2.28. The highest BCUT2D eigenvalue weighted by Gasteiger charge is 2.26. The molecule has 0 radical (unpaired) electrons. The molecule has 0 bridgehead atoms. The standard InChI is InChI=1S/C12H17ClN4O/c1-8-7-18-5-4-17(8)11-9-2-3-14-6-10(9)15-12(13)16-11/h8,14H,2-7H2,1H3. The van der Waals surface area contributed by atoms with E-state index in [9.17, 15) is 0 Å². The number of hydrogen-bond donors (Lipinski definition) is 1. The van der Waals surface area contributed by atoms with Crippen molar-refractivity contribution in [1.82, 2.24) is 15.3 Å². The zero-order chi connectivity index (χ0) is 12.5. The van der Waals surface area contributed by atoms with Crippen LogP contribution in [0.25, 0.3) is 0 Å². The van der Waals surface area contributed by atoms with E-state index in [0.29, 0.717) is 11.3 Å². The van der Waals surface area contributed by atoms with Crippen molar-refractivity contribution >= 4 is 17.4 Å². The van der Waals surface area contributed by atoms with Crippen LogP contribution in [0, 0.1) is 0 Å². The van der Waals surface area contributed by atoms with E-state index >= 15 is 0 Å². The molecule has 1 unspecified atom stereocenters. The van der Waals surface area contributed by atoms with Crippen LogP contribution in [0.2, 0.25) is 5.28 Å². The van der Waals surface area contributed by atoms with Gasteiger partial charge in [-0.15, -0.1) is 0 Å². The molecule has 0 saturated carbocycles. The summed E-state index contributed by atoms with van der Waals surface area (Å²) in [4.78, 5) is 11.1. The minimum atomic E-state index is 0.337. The number of rotatable bonds is 1. The predicted molar refractivity (Wildman–Crippen MR) is 70.1 cm³/mol. The fourth-order valence-electron chi connectivity index (χ4n) is 2.59. The molecule has 0 spiro atoms. The Labute approximate surface area is 112 Å². The van der Waals surface area contributed by atoms with E-state index in [2.05, 4.69) is 27.1 Å². The molecule has 98 valence electrons. The number of aromatic nitrogens is 2. The molecule has 1 saturated heterocycles. The second-order valence-electron chi connectivity index (χ2n) is 4.79. The largest absolute Gasteiger partial charge is 0.377 e. The van der Waals surface area contributed by atoms with Gasteiger partial charge in [0.1, 0.15) is 5.82 Å². The van der Waals surface area contributed by atoms with Gasteiger partial charge in [-0.3, -0.25) is 0 Å². The molecule has 1 atom stereocenters. The Balaban J connectivity index is 2.01. The molecule has 1 aromatic rings. The van der Waals surface area contributed by atoms with E-state index in [1.165, 1.54) is 5.56 Å². The van der Waals surface area contributed by atoms with Crippen molar-refractivity contribution in [3.63, 3.8) is 0 Å². The van der Waals surface area contributed by atoms with E-state index in [0.717, 1.165) is 50.8 Å². The van der Waals surface area contributed by atoms with Gasteiger partial charge in [-0.1, -0.05) is 0 Å². The third-order valence-electron chi connectivity index (χ3n) is 3.53. The van der Waals surface area contributed by atoms with Gasteiger partial charge in [-0.2, -0.15) is 0 Å². The first-order valence-electron chi connectivity index (χ1n) is 6.36. The maximum absolute atomic E-state index is 6.04. The molecule has 3 rings (SSSR count). The SMILES string of the molecule is CC1COCCN1c1nc(Cl)nc2c1CCNC2. The number of hydrogen-bond acceptors (Lipinski definition) is 5. The van der Waals surface area contributed by atoms with Crippen molar-refractivity contribution in [2.75, 3.05) is 31.2 Å². The summed E-state index contributed by atoms with van der Waals surface area (Å²) in [6.45, 7) is 6.28. The van der Waals surface area contributed by atoms with Crippen molar-refractivity contribution in [2.45, 2.75) is 25.9 Å². The lowest BCUT2D eigenvalue weighted by atomic mass is 10.1. The maximum Gasteiger partial charge on any atom is 0.224 e. The fraction of sp³-hybridized carbons (Fsp3) is 0.667. The Morgan fingerprint density at radius 1 is 1.44 bits per heavy atom.